The highest BCUT2D eigenvalue weighted by atomic mass is 35.5. The number of benzene rings is 1. The molecular formula is C18H12ClNO3S. The molecule has 0 unspecified atom stereocenters. The molecule has 24 heavy (non-hydrogen) atoms. The first-order chi connectivity index (χ1) is 11.6. The van der Waals surface area contributed by atoms with Crippen LogP contribution in [0, 0.1) is 0 Å². The van der Waals surface area contributed by atoms with Crippen molar-refractivity contribution in [2.24, 2.45) is 0 Å². The molecule has 0 N–H and O–H groups in total. The molecule has 6 heteroatoms. The molecule has 0 aliphatic rings. The predicted octanol–water partition coefficient (Wildman–Crippen LogP) is 4.39. The van der Waals surface area contributed by atoms with E-state index in [2.05, 4.69) is 4.98 Å². The fourth-order valence-electron chi connectivity index (χ4n) is 2.05. The summed E-state index contributed by atoms with van der Waals surface area (Å²) in [5.41, 5.74) is 1.49. The van der Waals surface area contributed by atoms with Crippen LogP contribution in [0.3, 0.4) is 0 Å². The van der Waals surface area contributed by atoms with Gasteiger partial charge in [-0.2, -0.15) is 0 Å². The third-order valence-electron chi connectivity index (χ3n) is 3.20. The second-order valence-corrected chi connectivity index (χ2v) is 6.61. The topological polar surface area (TPSA) is 56.3 Å². The molecule has 1 aromatic carbocycles. The zero-order valence-corrected chi connectivity index (χ0v) is 14.0. The van der Waals surface area contributed by atoms with Gasteiger partial charge in [0.15, 0.2) is 6.61 Å². The lowest BCUT2D eigenvalue weighted by Gasteiger charge is -2.00. The number of carbonyl (C=O) groups is 2. The maximum Gasteiger partial charge on any atom is 0.331 e. The van der Waals surface area contributed by atoms with Gasteiger partial charge in [0, 0.05) is 11.5 Å². The maximum absolute atomic E-state index is 11.8. The Hall–Kier alpha value is -2.50. The quantitative estimate of drug-likeness (QED) is 0.386. The minimum absolute atomic E-state index is 0.280. The molecule has 120 valence electrons. The lowest BCUT2D eigenvalue weighted by Crippen LogP contribution is -2.11. The molecule has 0 aliphatic heterocycles. The number of fused-ring (bicyclic) bond motifs is 1. The van der Waals surface area contributed by atoms with E-state index in [1.54, 1.807) is 18.2 Å². The van der Waals surface area contributed by atoms with Crippen molar-refractivity contribution in [2.75, 3.05) is 6.61 Å². The van der Waals surface area contributed by atoms with Crippen molar-refractivity contribution < 1.29 is 14.3 Å². The zero-order chi connectivity index (χ0) is 16.9. The molecule has 0 fully saturated rings. The van der Waals surface area contributed by atoms with E-state index in [1.165, 1.54) is 6.08 Å². The van der Waals surface area contributed by atoms with Gasteiger partial charge in [0.25, 0.3) is 0 Å². The summed E-state index contributed by atoms with van der Waals surface area (Å²) in [6.07, 6.45) is 2.81. The molecule has 0 atom stereocenters. The van der Waals surface area contributed by atoms with E-state index in [0.717, 1.165) is 22.2 Å². The van der Waals surface area contributed by atoms with Crippen molar-refractivity contribution >= 4 is 51.7 Å². The average Bonchev–Trinajstić information content (AvgIpc) is 3.04. The highest BCUT2D eigenvalue weighted by Crippen LogP contribution is 2.21. The zero-order valence-electron chi connectivity index (χ0n) is 12.4. The third-order valence-corrected chi connectivity index (χ3v) is 4.48. The van der Waals surface area contributed by atoms with E-state index in [9.17, 15) is 9.59 Å². The minimum Gasteiger partial charge on any atom is -0.454 e. The average molecular weight is 358 g/mol. The van der Waals surface area contributed by atoms with Crippen LogP contribution in [-0.2, 0) is 9.53 Å². The van der Waals surface area contributed by atoms with E-state index in [0.29, 0.717) is 14.9 Å². The van der Waals surface area contributed by atoms with Gasteiger partial charge < -0.3 is 4.74 Å². The van der Waals surface area contributed by atoms with Crippen molar-refractivity contribution in [3.63, 3.8) is 0 Å². The highest BCUT2D eigenvalue weighted by Gasteiger charge is 2.10. The largest absolute Gasteiger partial charge is 0.454 e. The number of Topliss-reactive ketones (excluding diaryl/α,β-unsaturated/α-hetero) is 1. The number of nitrogens with zero attached hydrogens (tertiary/aromatic N) is 1. The third kappa shape index (κ3) is 4.07. The second-order valence-electron chi connectivity index (χ2n) is 4.90. The predicted molar refractivity (Wildman–Crippen MR) is 95.4 cm³/mol. The number of esters is 1. The summed E-state index contributed by atoms with van der Waals surface area (Å²) in [4.78, 5) is 28.4. The van der Waals surface area contributed by atoms with Gasteiger partial charge in [-0.15, -0.1) is 11.3 Å². The number of para-hydroxylation sites is 1. The van der Waals surface area contributed by atoms with Crippen molar-refractivity contribution in [3.8, 4) is 0 Å². The van der Waals surface area contributed by atoms with Gasteiger partial charge >= 0.3 is 5.97 Å². The smallest absolute Gasteiger partial charge is 0.331 e. The van der Waals surface area contributed by atoms with Crippen LogP contribution in [0.15, 0.2) is 54.6 Å². The van der Waals surface area contributed by atoms with Crippen LogP contribution in [-0.4, -0.2) is 23.3 Å². The molecule has 2 aromatic heterocycles. The fourth-order valence-corrected chi connectivity index (χ4v) is 3.02. The van der Waals surface area contributed by atoms with Crippen LogP contribution in [0.5, 0.6) is 0 Å². The van der Waals surface area contributed by atoms with Crippen LogP contribution >= 0.6 is 22.9 Å². The minimum atomic E-state index is -0.596. The van der Waals surface area contributed by atoms with Gasteiger partial charge in [0.2, 0.25) is 5.78 Å². The summed E-state index contributed by atoms with van der Waals surface area (Å²) in [6.45, 7) is -0.314. The Morgan fingerprint density at radius 3 is 2.75 bits per heavy atom. The summed E-state index contributed by atoms with van der Waals surface area (Å²) < 4.78 is 5.46. The Morgan fingerprint density at radius 1 is 1.12 bits per heavy atom. The SMILES string of the molecule is O=C(C=Cc1ccc2ccccc2n1)OCC(=O)c1ccc(Cl)s1. The molecule has 0 radical (unpaired) electrons. The summed E-state index contributed by atoms with van der Waals surface area (Å²) in [6, 6.07) is 14.7. The van der Waals surface area contributed by atoms with Crippen molar-refractivity contribution in [1.29, 1.82) is 0 Å². The Bertz CT molecular complexity index is 933. The van der Waals surface area contributed by atoms with Crippen LogP contribution < -0.4 is 0 Å². The molecule has 3 aromatic rings. The standard InChI is InChI=1S/C18H12ClNO3S/c19-17-9-8-16(24-17)15(21)11-23-18(22)10-7-13-6-5-12-3-1-2-4-14(12)20-13/h1-10H,11H2. The number of ketones is 1. The first-order valence-corrected chi connectivity index (χ1v) is 8.30. The summed E-state index contributed by atoms with van der Waals surface area (Å²) in [5.74, 6) is -0.876. The Kier molecular flexibility index (Phi) is 5.03. The molecule has 0 aliphatic carbocycles. The second kappa shape index (κ2) is 7.38. The van der Waals surface area contributed by atoms with Crippen molar-refractivity contribution in [1.82, 2.24) is 4.98 Å². The number of carbonyl (C=O) groups excluding carboxylic acids is 2. The van der Waals surface area contributed by atoms with Crippen LogP contribution in [0.2, 0.25) is 4.34 Å². The van der Waals surface area contributed by atoms with Crippen molar-refractivity contribution in [3.05, 3.63) is 69.5 Å². The number of hydrogen-bond acceptors (Lipinski definition) is 5. The lowest BCUT2D eigenvalue weighted by atomic mass is 10.2. The normalized spacial score (nSPS) is 11.0. The number of halogens is 1. The number of rotatable bonds is 5. The number of ether oxygens (including phenoxy) is 1. The highest BCUT2D eigenvalue weighted by molar-refractivity contribution is 7.18. The van der Waals surface area contributed by atoms with Gasteiger partial charge in [-0.3, -0.25) is 4.79 Å². The fraction of sp³-hybridized carbons (Fsp3) is 0.0556. The number of thiophene rings is 1. The van der Waals surface area contributed by atoms with Gasteiger partial charge in [0.1, 0.15) is 0 Å². The first kappa shape index (κ1) is 16.4. The van der Waals surface area contributed by atoms with Gasteiger partial charge in [-0.25, -0.2) is 9.78 Å². The molecule has 2 heterocycles. The maximum atomic E-state index is 11.8. The Morgan fingerprint density at radius 2 is 1.96 bits per heavy atom. The van der Waals surface area contributed by atoms with E-state index < -0.39 is 5.97 Å². The lowest BCUT2D eigenvalue weighted by molar-refractivity contribution is -0.136. The Balaban J connectivity index is 1.59. The monoisotopic (exact) mass is 357 g/mol. The van der Waals surface area contributed by atoms with E-state index in [4.69, 9.17) is 16.3 Å². The molecule has 4 nitrogen and oxygen atoms in total. The number of aromatic nitrogens is 1. The van der Waals surface area contributed by atoms with E-state index in [-0.39, 0.29) is 12.4 Å². The summed E-state index contributed by atoms with van der Waals surface area (Å²) in [7, 11) is 0. The Labute approximate surface area is 147 Å². The van der Waals surface area contributed by atoms with E-state index >= 15 is 0 Å². The van der Waals surface area contributed by atoms with Gasteiger partial charge in [-0.1, -0.05) is 35.9 Å². The first-order valence-electron chi connectivity index (χ1n) is 7.11. The van der Waals surface area contributed by atoms with Crippen LogP contribution in [0.25, 0.3) is 17.0 Å². The van der Waals surface area contributed by atoms with Crippen LogP contribution in [0.4, 0.5) is 0 Å². The summed E-state index contributed by atoms with van der Waals surface area (Å²) >= 11 is 6.92. The number of hydrogen-bond donors (Lipinski definition) is 0. The summed E-state index contributed by atoms with van der Waals surface area (Å²) in [5, 5.41) is 1.03. The molecule has 0 bridgehead atoms. The van der Waals surface area contributed by atoms with E-state index in [1.807, 2.05) is 36.4 Å². The van der Waals surface area contributed by atoms with Crippen LogP contribution in [0.1, 0.15) is 15.4 Å². The molecule has 0 saturated carbocycles. The molecule has 0 amide bonds. The van der Waals surface area contributed by atoms with Crippen molar-refractivity contribution in [2.45, 2.75) is 0 Å². The van der Waals surface area contributed by atoms with Gasteiger partial charge in [0.05, 0.1) is 20.4 Å². The molecule has 0 saturated heterocycles. The number of pyridine rings is 1. The molecule has 0 spiro atoms. The molecule has 3 rings (SSSR count). The molecular weight excluding hydrogens is 346 g/mol. The van der Waals surface area contributed by atoms with Gasteiger partial charge in [-0.05, 0) is 30.3 Å².